The number of imidazole rings is 1. The van der Waals surface area contributed by atoms with Crippen LogP contribution >= 0.6 is 12.2 Å². The minimum Gasteiger partial charge on any atom is -0.329 e. The van der Waals surface area contributed by atoms with E-state index in [2.05, 4.69) is 33.3 Å². The third-order valence-corrected chi connectivity index (χ3v) is 3.83. The first-order valence-electron chi connectivity index (χ1n) is 6.94. The maximum atomic E-state index is 5.39. The van der Waals surface area contributed by atoms with Crippen molar-refractivity contribution in [2.45, 2.75) is 33.7 Å². The molecule has 5 heteroatoms. The second-order valence-corrected chi connectivity index (χ2v) is 5.17. The second-order valence-electron chi connectivity index (χ2n) is 4.79. The highest BCUT2D eigenvalue weighted by molar-refractivity contribution is 7.71. The molecule has 0 spiro atoms. The number of aromatic amines is 1. The first kappa shape index (κ1) is 14.2. The maximum absolute atomic E-state index is 5.39. The van der Waals surface area contributed by atoms with Crippen LogP contribution in [0, 0.1) is 11.7 Å². The van der Waals surface area contributed by atoms with Crippen LogP contribution in [0.5, 0.6) is 0 Å². The molecule has 0 radical (unpaired) electrons. The Hall–Kier alpha value is -1.20. The summed E-state index contributed by atoms with van der Waals surface area (Å²) in [5.74, 6) is 0. The van der Waals surface area contributed by atoms with Gasteiger partial charge in [0.1, 0.15) is 0 Å². The topological polar surface area (TPSA) is 36.9 Å². The molecule has 4 nitrogen and oxygen atoms in total. The number of fused-ring (bicyclic) bond motifs is 1. The number of nitrogens with zero attached hydrogens (tertiary/aromatic N) is 3. The Balaban J connectivity index is 2.14. The Morgan fingerprint density at radius 3 is 2.74 bits per heavy atom. The highest BCUT2D eigenvalue weighted by Gasteiger charge is 2.06. The van der Waals surface area contributed by atoms with E-state index in [1.54, 1.807) is 0 Å². The van der Waals surface area contributed by atoms with Crippen molar-refractivity contribution < 1.29 is 0 Å². The van der Waals surface area contributed by atoms with Crippen molar-refractivity contribution >= 4 is 23.4 Å². The molecule has 0 fully saturated rings. The van der Waals surface area contributed by atoms with Crippen molar-refractivity contribution in [2.75, 3.05) is 19.6 Å². The fourth-order valence-electron chi connectivity index (χ4n) is 2.32. The number of hydrogen-bond donors (Lipinski definition) is 1. The lowest BCUT2D eigenvalue weighted by Gasteiger charge is -2.17. The van der Waals surface area contributed by atoms with Crippen LogP contribution in [0.2, 0.25) is 0 Å². The van der Waals surface area contributed by atoms with E-state index >= 15 is 0 Å². The van der Waals surface area contributed by atoms with Crippen molar-refractivity contribution in [3.05, 3.63) is 22.6 Å². The van der Waals surface area contributed by atoms with Crippen LogP contribution in [-0.4, -0.2) is 39.1 Å². The van der Waals surface area contributed by atoms with Crippen LogP contribution in [0.25, 0.3) is 11.2 Å². The van der Waals surface area contributed by atoms with Crippen molar-refractivity contribution in [3.63, 3.8) is 0 Å². The number of pyridine rings is 1. The average molecular weight is 278 g/mol. The van der Waals surface area contributed by atoms with Crippen molar-refractivity contribution in [1.82, 2.24) is 19.4 Å². The molecule has 0 aliphatic heterocycles. The molecule has 2 rings (SSSR count). The average Bonchev–Trinajstić information content (AvgIpc) is 2.71. The largest absolute Gasteiger partial charge is 0.329 e. The molecule has 0 aromatic carbocycles. The van der Waals surface area contributed by atoms with Crippen LogP contribution in [0.1, 0.15) is 26.0 Å². The summed E-state index contributed by atoms with van der Waals surface area (Å²) >= 11 is 5.39. The van der Waals surface area contributed by atoms with E-state index in [0.29, 0.717) is 0 Å². The van der Waals surface area contributed by atoms with E-state index in [0.717, 1.165) is 54.2 Å². The molecule has 2 heterocycles. The van der Waals surface area contributed by atoms with Gasteiger partial charge < -0.3 is 14.5 Å². The molecule has 0 atom stereocenters. The minimum absolute atomic E-state index is 0.771. The zero-order valence-corrected chi connectivity index (χ0v) is 12.8. The summed E-state index contributed by atoms with van der Waals surface area (Å²) in [6.45, 7) is 10.6. The van der Waals surface area contributed by atoms with E-state index < -0.39 is 0 Å². The van der Waals surface area contributed by atoms with Crippen LogP contribution in [-0.2, 0) is 6.54 Å². The molecule has 0 saturated heterocycles. The molecule has 2 aromatic heterocycles. The number of aromatic nitrogens is 3. The summed E-state index contributed by atoms with van der Waals surface area (Å²) < 4.78 is 2.88. The Labute approximate surface area is 119 Å². The van der Waals surface area contributed by atoms with Gasteiger partial charge in [0, 0.05) is 12.2 Å². The molecule has 0 amide bonds. The summed E-state index contributed by atoms with van der Waals surface area (Å²) in [4.78, 5) is 10.2. The van der Waals surface area contributed by atoms with Gasteiger partial charge in [-0.25, -0.2) is 4.98 Å². The molecule has 0 aliphatic carbocycles. The van der Waals surface area contributed by atoms with Crippen molar-refractivity contribution in [2.24, 2.45) is 0 Å². The molecule has 19 heavy (non-hydrogen) atoms. The molecular weight excluding hydrogens is 256 g/mol. The van der Waals surface area contributed by atoms with Crippen LogP contribution in [0.3, 0.4) is 0 Å². The third-order valence-electron chi connectivity index (χ3n) is 3.51. The van der Waals surface area contributed by atoms with Crippen molar-refractivity contribution in [1.29, 1.82) is 0 Å². The van der Waals surface area contributed by atoms with Gasteiger partial charge in [0.25, 0.3) is 0 Å². The Kier molecular flexibility index (Phi) is 4.71. The minimum atomic E-state index is 0.771. The smallest absolute Gasteiger partial charge is 0.179 e. The van der Waals surface area contributed by atoms with Gasteiger partial charge in [-0.15, -0.1) is 0 Å². The van der Waals surface area contributed by atoms with Gasteiger partial charge in [0.15, 0.2) is 10.4 Å². The van der Waals surface area contributed by atoms with Crippen LogP contribution in [0.15, 0.2) is 12.1 Å². The molecule has 0 unspecified atom stereocenters. The normalized spacial score (nSPS) is 11.6. The fraction of sp³-hybridized carbons (Fsp3) is 0.571. The number of H-pyrrole nitrogens is 1. The summed E-state index contributed by atoms with van der Waals surface area (Å²) in [6.07, 6.45) is 1.10. The van der Waals surface area contributed by atoms with E-state index in [1.165, 1.54) is 0 Å². The fourth-order valence-corrected chi connectivity index (χ4v) is 2.61. The lowest BCUT2D eigenvalue weighted by molar-refractivity contribution is 0.293. The molecule has 0 bridgehead atoms. The van der Waals surface area contributed by atoms with Gasteiger partial charge in [-0.1, -0.05) is 13.8 Å². The zero-order chi connectivity index (χ0) is 13.8. The monoisotopic (exact) mass is 278 g/mol. The molecule has 2 aromatic rings. The highest BCUT2D eigenvalue weighted by Crippen LogP contribution is 2.13. The van der Waals surface area contributed by atoms with Gasteiger partial charge >= 0.3 is 0 Å². The van der Waals surface area contributed by atoms with E-state index in [9.17, 15) is 0 Å². The number of rotatable bonds is 6. The van der Waals surface area contributed by atoms with Gasteiger partial charge in [-0.3, -0.25) is 0 Å². The predicted molar refractivity (Wildman–Crippen MR) is 82.1 cm³/mol. The van der Waals surface area contributed by atoms with Gasteiger partial charge in [0.05, 0.1) is 5.52 Å². The predicted octanol–water partition coefficient (Wildman–Crippen LogP) is 3.13. The van der Waals surface area contributed by atoms with Crippen LogP contribution < -0.4 is 0 Å². The standard InChI is InChI=1S/C14H22N4S/c1-4-17(5-2)9-6-10-18-13-12(16-14(18)19)8-7-11(3)15-13/h7-8H,4-6,9-10H2,1-3H3,(H,16,19). The Bertz CT molecular complexity index is 595. The summed E-state index contributed by atoms with van der Waals surface area (Å²) in [5.41, 5.74) is 3.03. The van der Waals surface area contributed by atoms with Crippen molar-refractivity contribution in [3.8, 4) is 0 Å². The summed E-state index contributed by atoms with van der Waals surface area (Å²) in [5, 5.41) is 0. The first-order chi connectivity index (χ1) is 9.15. The van der Waals surface area contributed by atoms with Gasteiger partial charge in [-0.05, 0) is 57.3 Å². The van der Waals surface area contributed by atoms with E-state index in [4.69, 9.17) is 12.2 Å². The zero-order valence-electron chi connectivity index (χ0n) is 11.9. The highest BCUT2D eigenvalue weighted by atomic mass is 32.1. The second kappa shape index (κ2) is 6.30. The third kappa shape index (κ3) is 3.22. The maximum Gasteiger partial charge on any atom is 0.179 e. The van der Waals surface area contributed by atoms with E-state index in [1.807, 2.05) is 19.1 Å². The van der Waals surface area contributed by atoms with Gasteiger partial charge in [0.2, 0.25) is 0 Å². The molecular formula is C14H22N4S. The molecule has 1 N–H and O–H groups in total. The Morgan fingerprint density at radius 2 is 2.05 bits per heavy atom. The number of hydrogen-bond acceptors (Lipinski definition) is 3. The lowest BCUT2D eigenvalue weighted by Crippen LogP contribution is -2.24. The quantitative estimate of drug-likeness (QED) is 0.825. The number of nitrogens with one attached hydrogen (secondary N) is 1. The first-order valence-corrected chi connectivity index (χ1v) is 7.35. The summed E-state index contributed by atoms with van der Waals surface area (Å²) in [7, 11) is 0. The SMILES string of the molecule is CCN(CC)CCCn1c(=S)[nH]c2ccc(C)nc21. The number of aryl methyl sites for hydroxylation is 2. The van der Waals surface area contributed by atoms with Gasteiger partial charge in [-0.2, -0.15) is 0 Å². The molecule has 0 saturated carbocycles. The molecule has 104 valence electrons. The van der Waals surface area contributed by atoms with Crippen LogP contribution in [0.4, 0.5) is 0 Å². The van der Waals surface area contributed by atoms with E-state index in [-0.39, 0.29) is 0 Å². The summed E-state index contributed by atoms with van der Waals surface area (Å²) in [6, 6.07) is 4.06. The molecule has 0 aliphatic rings. The lowest BCUT2D eigenvalue weighted by atomic mass is 10.3. The Morgan fingerprint density at radius 1 is 1.32 bits per heavy atom.